The minimum atomic E-state index is -0.316. The van der Waals surface area contributed by atoms with Crippen LogP contribution in [0.4, 0.5) is 0 Å². The van der Waals surface area contributed by atoms with Crippen molar-refractivity contribution in [2.75, 3.05) is 7.11 Å². The molecule has 0 aliphatic heterocycles. The van der Waals surface area contributed by atoms with Gasteiger partial charge in [0, 0.05) is 13.0 Å². The van der Waals surface area contributed by atoms with Gasteiger partial charge in [-0.05, 0) is 18.4 Å². The van der Waals surface area contributed by atoms with Crippen molar-refractivity contribution < 1.29 is 14.4 Å². The predicted molar refractivity (Wildman–Crippen MR) is 67.6 cm³/mol. The normalized spacial score (nSPS) is 23.9. The highest BCUT2D eigenvalue weighted by Crippen LogP contribution is 2.36. The zero-order chi connectivity index (χ0) is 13.2. The first-order chi connectivity index (χ1) is 9.28. The first-order valence-corrected chi connectivity index (χ1v) is 6.37. The topological polar surface area (TPSA) is 68.4 Å². The third-order valence-corrected chi connectivity index (χ3v) is 3.49. The average Bonchev–Trinajstić information content (AvgIpc) is 2.86. The lowest BCUT2D eigenvalue weighted by Crippen LogP contribution is -2.26. The lowest BCUT2D eigenvalue weighted by molar-refractivity contribution is 0.0624. The van der Waals surface area contributed by atoms with E-state index in [-0.39, 0.29) is 18.1 Å². The van der Waals surface area contributed by atoms with Gasteiger partial charge < -0.3 is 14.4 Å². The van der Waals surface area contributed by atoms with E-state index in [0.29, 0.717) is 24.6 Å². The highest BCUT2D eigenvalue weighted by Gasteiger charge is 2.33. The summed E-state index contributed by atoms with van der Waals surface area (Å²) in [6.07, 6.45) is 0.853. The fourth-order valence-corrected chi connectivity index (χ4v) is 2.33. The first kappa shape index (κ1) is 12.3. The Morgan fingerprint density at radius 3 is 2.68 bits per heavy atom. The fourth-order valence-electron chi connectivity index (χ4n) is 2.33. The van der Waals surface area contributed by atoms with Crippen LogP contribution in [0.3, 0.4) is 0 Å². The molecule has 1 aromatic carbocycles. The largest absolute Gasteiger partial charge is 0.393 e. The number of methoxy groups -OCH3 is 1. The number of aliphatic hydroxyl groups excluding tert-OH is 1. The number of aromatic nitrogens is 2. The molecule has 0 saturated heterocycles. The lowest BCUT2D eigenvalue weighted by Gasteiger charge is -2.27. The van der Waals surface area contributed by atoms with Gasteiger partial charge in [0.1, 0.15) is 6.10 Å². The summed E-state index contributed by atoms with van der Waals surface area (Å²) in [5.74, 6) is 1.31. The van der Waals surface area contributed by atoms with E-state index in [9.17, 15) is 5.11 Å². The zero-order valence-electron chi connectivity index (χ0n) is 10.7. The predicted octanol–water partition coefficient (Wildman–Crippen LogP) is 2.04. The summed E-state index contributed by atoms with van der Waals surface area (Å²) in [6.45, 7) is 0. The van der Waals surface area contributed by atoms with Crippen molar-refractivity contribution >= 4 is 0 Å². The van der Waals surface area contributed by atoms with Gasteiger partial charge in [-0.15, -0.1) is 0 Å². The van der Waals surface area contributed by atoms with Crippen LogP contribution in [-0.4, -0.2) is 28.5 Å². The van der Waals surface area contributed by atoms with E-state index in [1.807, 2.05) is 30.3 Å². The summed E-state index contributed by atoms with van der Waals surface area (Å²) in [5, 5.41) is 13.3. The van der Waals surface area contributed by atoms with Gasteiger partial charge in [0.05, 0.1) is 6.10 Å². The average molecular weight is 260 g/mol. The molecule has 1 unspecified atom stereocenters. The molecular weight excluding hydrogens is 244 g/mol. The number of hydrogen-bond donors (Lipinski definition) is 1. The Labute approximate surface area is 111 Å². The summed E-state index contributed by atoms with van der Waals surface area (Å²) in [5.41, 5.74) is 0.992. The second-order valence-electron chi connectivity index (χ2n) is 4.84. The van der Waals surface area contributed by atoms with Crippen LogP contribution in [0.15, 0.2) is 34.9 Å². The number of hydrogen-bond acceptors (Lipinski definition) is 5. The number of ether oxygens (including phenoxy) is 1. The Bertz CT molecular complexity index is 535. The molecule has 0 radical (unpaired) electrons. The van der Waals surface area contributed by atoms with Gasteiger partial charge in [0.2, 0.25) is 11.7 Å². The van der Waals surface area contributed by atoms with E-state index < -0.39 is 0 Å². The molecule has 5 heteroatoms. The Morgan fingerprint density at radius 1 is 1.32 bits per heavy atom. The first-order valence-electron chi connectivity index (χ1n) is 6.37. The fraction of sp³-hybridized carbons (Fsp3) is 0.429. The summed E-state index contributed by atoms with van der Waals surface area (Å²) in [6, 6.07) is 9.79. The second kappa shape index (κ2) is 5.11. The number of nitrogens with zero attached hydrogens (tertiary/aromatic N) is 2. The minimum Gasteiger partial charge on any atom is -0.393 e. The monoisotopic (exact) mass is 260 g/mol. The maximum absolute atomic E-state index is 9.31. The molecule has 1 aromatic heterocycles. The molecule has 1 N–H and O–H groups in total. The van der Waals surface area contributed by atoms with E-state index >= 15 is 0 Å². The highest BCUT2D eigenvalue weighted by atomic mass is 16.5. The van der Waals surface area contributed by atoms with Gasteiger partial charge in [-0.2, -0.15) is 4.98 Å². The van der Waals surface area contributed by atoms with Crippen LogP contribution < -0.4 is 0 Å². The van der Waals surface area contributed by atoms with Crippen molar-refractivity contribution in [1.82, 2.24) is 10.1 Å². The van der Waals surface area contributed by atoms with Crippen molar-refractivity contribution in [1.29, 1.82) is 0 Å². The van der Waals surface area contributed by atoms with E-state index in [2.05, 4.69) is 10.1 Å². The van der Waals surface area contributed by atoms with Gasteiger partial charge in [-0.3, -0.25) is 0 Å². The van der Waals surface area contributed by atoms with Crippen LogP contribution in [0, 0.1) is 0 Å². The Balaban J connectivity index is 1.81. The molecule has 2 aromatic rings. The Morgan fingerprint density at radius 2 is 2.05 bits per heavy atom. The molecule has 0 amide bonds. The van der Waals surface area contributed by atoms with E-state index in [1.165, 1.54) is 0 Å². The Kier molecular flexibility index (Phi) is 3.31. The van der Waals surface area contributed by atoms with Crippen molar-refractivity contribution in [3.05, 3.63) is 47.6 Å². The standard InChI is InChI=1S/C14H16N2O3/c1-18-12(9-5-3-2-4-6-9)13-15-14(19-16-13)10-7-11(17)8-10/h2-6,10-12,17H,7-8H2,1H3. The third-order valence-electron chi connectivity index (χ3n) is 3.49. The molecule has 1 saturated carbocycles. The smallest absolute Gasteiger partial charge is 0.230 e. The summed E-state index contributed by atoms with van der Waals surface area (Å²) >= 11 is 0. The van der Waals surface area contributed by atoms with Crippen LogP contribution in [-0.2, 0) is 4.74 Å². The van der Waals surface area contributed by atoms with Gasteiger partial charge in [0.15, 0.2) is 0 Å². The number of benzene rings is 1. The van der Waals surface area contributed by atoms with Crippen molar-refractivity contribution in [2.45, 2.75) is 31.0 Å². The Hall–Kier alpha value is -1.72. The van der Waals surface area contributed by atoms with E-state index in [0.717, 1.165) is 5.56 Å². The summed E-state index contributed by atoms with van der Waals surface area (Å²) < 4.78 is 10.7. The number of aliphatic hydroxyl groups is 1. The van der Waals surface area contributed by atoms with E-state index in [4.69, 9.17) is 9.26 Å². The molecule has 3 rings (SSSR count). The van der Waals surface area contributed by atoms with Gasteiger partial charge >= 0.3 is 0 Å². The molecular formula is C14H16N2O3. The molecule has 1 aliphatic carbocycles. The SMILES string of the molecule is COC(c1ccccc1)c1noc(C2CC(O)C2)n1. The maximum atomic E-state index is 9.31. The molecule has 19 heavy (non-hydrogen) atoms. The lowest BCUT2D eigenvalue weighted by atomic mass is 9.82. The molecule has 5 nitrogen and oxygen atoms in total. The van der Waals surface area contributed by atoms with Crippen LogP contribution in [0.2, 0.25) is 0 Å². The molecule has 1 fully saturated rings. The van der Waals surface area contributed by atoms with Crippen LogP contribution >= 0.6 is 0 Å². The highest BCUT2D eigenvalue weighted by molar-refractivity contribution is 5.22. The van der Waals surface area contributed by atoms with Crippen molar-refractivity contribution in [3.8, 4) is 0 Å². The van der Waals surface area contributed by atoms with Crippen molar-refractivity contribution in [3.63, 3.8) is 0 Å². The summed E-state index contributed by atoms with van der Waals surface area (Å²) in [7, 11) is 1.63. The van der Waals surface area contributed by atoms with Crippen molar-refractivity contribution in [2.24, 2.45) is 0 Å². The quantitative estimate of drug-likeness (QED) is 0.911. The molecule has 0 bridgehead atoms. The molecule has 1 heterocycles. The summed E-state index contributed by atoms with van der Waals surface area (Å²) in [4.78, 5) is 4.40. The van der Waals surface area contributed by atoms with Gasteiger partial charge in [0.25, 0.3) is 0 Å². The van der Waals surface area contributed by atoms with E-state index in [1.54, 1.807) is 7.11 Å². The van der Waals surface area contributed by atoms with Gasteiger partial charge in [-0.25, -0.2) is 0 Å². The number of rotatable bonds is 4. The van der Waals surface area contributed by atoms with Crippen LogP contribution in [0.25, 0.3) is 0 Å². The molecule has 0 spiro atoms. The minimum absolute atomic E-state index is 0.185. The zero-order valence-corrected chi connectivity index (χ0v) is 10.7. The maximum Gasteiger partial charge on any atom is 0.230 e. The third kappa shape index (κ3) is 2.39. The molecule has 100 valence electrons. The molecule has 1 aliphatic rings. The second-order valence-corrected chi connectivity index (χ2v) is 4.84. The van der Waals surface area contributed by atoms with Gasteiger partial charge in [-0.1, -0.05) is 35.5 Å². The molecule has 1 atom stereocenters. The van der Waals surface area contributed by atoms with Crippen LogP contribution in [0.5, 0.6) is 0 Å². The van der Waals surface area contributed by atoms with Crippen LogP contribution in [0.1, 0.15) is 42.1 Å².